The first-order chi connectivity index (χ1) is 15.8. The Labute approximate surface area is 207 Å². The number of ether oxygens (including phenoxy) is 1. The van der Waals surface area contributed by atoms with Crippen LogP contribution in [-0.2, 0) is 16.1 Å². The number of rotatable bonds is 5. The number of anilines is 2. The third-order valence-electron chi connectivity index (χ3n) is 4.94. The van der Waals surface area contributed by atoms with Gasteiger partial charge in [0.25, 0.3) is 5.56 Å². The summed E-state index contributed by atoms with van der Waals surface area (Å²) in [5.74, 6) is 0.114. The second-order valence-electron chi connectivity index (χ2n) is 9.55. The Kier molecular flexibility index (Phi) is 7.24. The Morgan fingerprint density at radius 1 is 1.35 bits per heavy atom. The molecule has 2 heterocycles. The number of benzene rings is 1. The van der Waals surface area contributed by atoms with Crippen molar-refractivity contribution < 1.29 is 9.53 Å². The van der Waals surface area contributed by atoms with E-state index in [0.717, 1.165) is 0 Å². The van der Waals surface area contributed by atoms with Crippen molar-refractivity contribution in [1.29, 1.82) is 5.26 Å². The maximum Gasteiger partial charge on any atom is 0.270 e. The largest absolute Gasteiger partial charge is 0.474 e. The van der Waals surface area contributed by atoms with Crippen molar-refractivity contribution in [3.05, 3.63) is 42.8 Å². The van der Waals surface area contributed by atoms with Crippen molar-refractivity contribution in [3.8, 4) is 6.07 Å². The van der Waals surface area contributed by atoms with Crippen LogP contribution in [0.25, 0.3) is 11.8 Å². The highest BCUT2D eigenvalue weighted by Gasteiger charge is 2.29. The molecule has 2 aromatic rings. The molecule has 1 aromatic carbocycles. The number of carbonyl (C=O) groups excluding carboxylic acids is 1. The van der Waals surface area contributed by atoms with E-state index in [1.165, 1.54) is 15.9 Å². The van der Waals surface area contributed by atoms with Crippen molar-refractivity contribution in [2.75, 3.05) is 17.2 Å². The Hall–Kier alpha value is -3.09. The zero-order valence-corrected chi connectivity index (χ0v) is 21.6. The summed E-state index contributed by atoms with van der Waals surface area (Å²) in [5, 5.41) is 16.2. The van der Waals surface area contributed by atoms with Gasteiger partial charge in [-0.25, -0.2) is 4.99 Å². The van der Waals surface area contributed by atoms with Gasteiger partial charge in [0.05, 0.1) is 5.54 Å². The fourth-order valence-corrected chi connectivity index (χ4v) is 4.42. The Morgan fingerprint density at radius 3 is 2.59 bits per heavy atom. The van der Waals surface area contributed by atoms with E-state index in [9.17, 15) is 14.9 Å². The molecular weight excluding hydrogens is 474 g/mol. The summed E-state index contributed by atoms with van der Waals surface area (Å²) >= 11 is 7.42. The molecule has 0 bridgehead atoms. The van der Waals surface area contributed by atoms with E-state index in [0.29, 0.717) is 38.7 Å². The molecule has 3 rings (SSSR count). The SMILES string of the molecule is CCn1c(=C(C#N)C2=NC(C)(C)CO2)sc(=CNc2cc(Cl)cc(NC(=O)C(C)(C)C)c2)c1=O. The van der Waals surface area contributed by atoms with Crippen LogP contribution in [-0.4, -0.2) is 28.5 Å². The van der Waals surface area contributed by atoms with Crippen LogP contribution in [0.15, 0.2) is 28.0 Å². The summed E-state index contributed by atoms with van der Waals surface area (Å²) in [4.78, 5) is 29.8. The lowest BCUT2D eigenvalue weighted by atomic mass is 9.95. The van der Waals surface area contributed by atoms with E-state index in [1.54, 1.807) is 24.4 Å². The summed E-state index contributed by atoms with van der Waals surface area (Å²) in [6.45, 7) is 11.9. The number of nitrogens with one attached hydrogen (secondary N) is 2. The van der Waals surface area contributed by atoms with Crippen LogP contribution in [0.1, 0.15) is 41.5 Å². The average Bonchev–Trinajstić information content (AvgIpc) is 3.24. The van der Waals surface area contributed by atoms with Crippen molar-refractivity contribution in [2.24, 2.45) is 10.4 Å². The van der Waals surface area contributed by atoms with Gasteiger partial charge in [0, 0.05) is 34.6 Å². The minimum absolute atomic E-state index is 0.141. The fourth-order valence-electron chi connectivity index (χ4n) is 3.10. The lowest BCUT2D eigenvalue weighted by molar-refractivity contribution is -0.123. The first-order valence-corrected chi connectivity index (χ1v) is 12.0. The third-order valence-corrected chi connectivity index (χ3v) is 6.29. The smallest absolute Gasteiger partial charge is 0.270 e. The molecule has 0 unspecified atom stereocenters. The highest BCUT2D eigenvalue weighted by atomic mass is 35.5. The van der Waals surface area contributed by atoms with E-state index in [-0.39, 0.29) is 22.9 Å². The first kappa shape index (κ1) is 25.5. The van der Waals surface area contributed by atoms with E-state index in [1.807, 2.05) is 41.5 Å². The maximum absolute atomic E-state index is 13.0. The molecule has 0 aliphatic carbocycles. The molecule has 1 aromatic heterocycles. The summed E-state index contributed by atoms with van der Waals surface area (Å²) in [6.07, 6.45) is 1.57. The normalized spacial score (nSPS) is 16.4. The molecule has 10 heteroatoms. The van der Waals surface area contributed by atoms with Crippen LogP contribution in [0, 0.1) is 16.7 Å². The summed E-state index contributed by atoms with van der Waals surface area (Å²) in [6, 6.07) is 7.23. The van der Waals surface area contributed by atoms with Gasteiger partial charge in [0.15, 0.2) is 0 Å². The maximum atomic E-state index is 13.0. The summed E-state index contributed by atoms with van der Waals surface area (Å²) in [5.41, 5.74) is 0.171. The van der Waals surface area contributed by atoms with E-state index in [4.69, 9.17) is 16.3 Å². The predicted molar refractivity (Wildman–Crippen MR) is 138 cm³/mol. The van der Waals surface area contributed by atoms with Gasteiger partial charge in [0.1, 0.15) is 27.4 Å². The molecular formula is C24H28ClN5O3S. The molecule has 180 valence electrons. The van der Waals surface area contributed by atoms with E-state index >= 15 is 0 Å². The highest BCUT2D eigenvalue weighted by Crippen LogP contribution is 2.25. The van der Waals surface area contributed by atoms with Crippen LogP contribution in [0.3, 0.4) is 0 Å². The fraction of sp³-hybridized carbons (Fsp3) is 0.417. The van der Waals surface area contributed by atoms with Gasteiger partial charge in [-0.15, -0.1) is 11.3 Å². The topological polar surface area (TPSA) is 109 Å². The molecule has 8 nitrogen and oxygen atoms in total. The zero-order valence-electron chi connectivity index (χ0n) is 20.1. The highest BCUT2D eigenvalue weighted by molar-refractivity contribution is 7.07. The lowest BCUT2D eigenvalue weighted by Gasteiger charge is -2.18. The number of halogens is 1. The van der Waals surface area contributed by atoms with Crippen LogP contribution in [0.4, 0.5) is 11.4 Å². The number of hydrogen-bond donors (Lipinski definition) is 2. The van der Waals surface area contributed by atoms with Gasteiger partial charge in [0.2, 0.25) is 11.8 Å². The molecule has 1 aliphatic heterocycles. The second-order valence-corrected chi connectivity index (χ2v) is 11.0. The molecule has 0 radical (unpaired) electrons. The van der Waals surface area contributed by atoms with E-state index in [2.05, 4.69) is 21.7 Å². The Bertz CT molecular complexity index is 1370. The third kappa shape index (κ3) is 5.69. The molecule has 0 atom stereocenters. The van der Waals surface area contributed by atoms with E-state index < -0.39 is 11.0 Å². The second kappa shape index (κ2) is 9.65. The summed E-state index contributed by atoms with van der Waals surface area (Å²) < 4.78 is 8.07. The van der Waals surface area contributed by atoms with Crippen molar-refractivity contribution in [2.45, 2.75) is 53.6 Å². The number of nitrogens with zero attached hydrogens (tertiary/aromatic N) is 3. The van der Waals surface area contributed by atoms with Crippen LogP contribution < -0.4 is 25.4 Å². The van der Waals surface area contributed by atoms with Gasteiger partial charge < -0.3 is 15.4 Å². The average molecular weight is 502 g/mol. The number of aliphatic imine (C=N–C) groups is 1. The standard InChI is InChI=1S/C24H28ClN5O3S/c1-7-30-20(31)18(34-21(30)17(11-26)19-29-24(5,6)13-33-19)12-27-15-8-14(25)9-16(10-15)28-22(32)23(2,3)4/h8-10,12,27H,7,13H2,1-6H3,(H,28,32). The van der Waals surface area contributed by atoms with Crippen LogP contribution in [0.2, 0.25) is 5.02 Å². The monoisotopic (exact) mass is 501 g/mol. The van der Waals surface area contributed by atoms with Crippen molar-refractivity contribution in [3.63, 3.8) is 0 Å². The molecule has 0 saturated heterocycles. The van der Waals surface area contributed by atoms with Crippen LogP contribution >= 0.6 is 22.9 Å². The number of thiazole rings is 1. The minimum atomic E-state index is -0.557. The molecule has 1 aliphatic rings. The molecule has 0 spiro atoms. The van der Waals surface area contributed by atoms with Gasteiger partial charge in [-0.1, -0.05) is 32.4 Å². The molecule has 1 amide bonds. The number of aromatic nitrogens is 1. The number of hydrogen-bond acceptors (Lipinski definition) is 7. The minimum Gasteiger partial charge on any atom is -0.474 e. The first-order valence-electron chi connectivity index (χ1n) is 10.8. The van der Waals surface area contributed by atoms with Crippen LogP contribution in [0.5, 0.6) is 0 Å². The summed E-state index contributed by atoms with van der Waals surface area (Å²) in [7, 11) is 0. The molecule has 34 heavy (non-hydrogen) atoms. The lowest BCUT2D eigenvalue weighted by Crippen LogP contribution is -2.32. The van der Waals surface area contributed by atoms with Gasteiger partial charge in [-0.3, -0.25) is 14.2 Å². The number of amides is 1. The number of nitriles is 1. The van der Waals surface area contributed by atoms with Crippen molar-refractivity contribution in [1.82, 2.24) is 4.57 Å². The quantitative estimate of drug-likeness (QED) is 0.653. The molecule has 2 N–H and O–H groups in total. The predicted octanol–water partition coefficient (Wildman–Crippen LogP) is 3.30. The molecule has 0 fully saturated rings. The van der Waals surface area contributed by atoms with Gasteiger partial charge >= 0.3 is 0 Å². The van der Waals surface area contributed by atoms with Gasteiger partial charge in [-0.2, -0.15) is 5.26 Å². The Morgan fingerprint density at radius 2 is 2.03 bits per heavy atom. The zero-order chi connectivity index (χ0) is 25.3. The Balaban J connectivity index is 2.02. The molecule has 0 saturated carbocycles. The number of carbonyl (C=O) groups is 1. The van der Waals surface area contributed by atoms with Crippen molar-refractivity contribution >= 4 is 57.9 Å². The van der Waals surface area contributed by atoms with Gasteiger partial charge in [-0.05, 0) is 39.0 Å².